The average molecular weight is 499 g/mol. The zero-order valence-electron chi connectivity index (χ0n) is 19.6. The Balaban J connectivity index is 1.78. The highest BCUT2D eigenvalue weighted by Gasteiger charge is 2.14. The molecule has 2 aromatic carbocycles. The average Bonchev–Trinajstić information content (AvgIpc) is 2.77. The van der Waals surface area contributed by atoms with Crippen molar-refractivity contribution < 1.29 is 14.2 Å². The highest BCUT2D eigenvalue weighted by atomic mass is 79.9. The normalized spacial score (nSPS) is 11.0. The molecule has 3 rings (SSSR count). The van der Waals surface area contributed by atoms with E-state index in [0.717, 1.165) is 55.4 Å². The van der Waals surface area contributed by atoms with Crippen LogP contribution in [0.2, 0.25) is 0 Å². The highest BCUT2D eigenvalue weighted by Crippen LogP contribution is 2.34. The minimum Gasteiger partial charge on any atom is -0.497 e. The number of nitrogens with zero attached hydrogens (tertiary/aromatic N) is 1. The number of methoxy groups -OCH3 is 1. The molecule has 0 aliphatic rings. The van der Waals surface area contributed by atoms with Crippen molar-refractivity contribution in [3.05, 3.63) is 74.9 Å². The number of nitrogens with one attached hydrogen (secondary N) is 1. The Kier molecular flexibility index (Phi) is 8.15. The zero-order chi connectivity index (χ0) is 23.3. The van der Waals surface area contributed by atoms with Gasteiger partial charge in [-0.25, -0.2) is 4.98 Å². The van der Waals surface area contributed by atoms with E-state index >= 15 is 0 Å². The fourth-order valence-electron chi connectivity index (χ4n) is 3.29. The summed E-state index contributed by atoms with van der Waals surface area (Å²) in [5.74, 6) is 2.44. The molecule has 0 aliphatic heterocycles. The van der Waals surface area contributed by atoms with Gasteiger partial charge in [0, 0.05) is 22.5 Å². The van der Waals surface area contributed by atoms with Gasteiger partial charge in [-0.2, -0.15) is 0 Å². The standard InChI is InChI=1S/C26H31BrN2O3/c1-16(2)31-15-21-13-23(27)26(28-19(21)5)29-25-17(3)7-12-24(18(25)4)32-14-20-8-10-22(30-6)11-9-20/h7-13,16H,14-15H2,1-6H3,(H,28,29). The molecule has 0 bridgehead atoms. The third-order valence-electron chi connectivity index (χ3n) is 5.26. The van der Waals surface area contributed by atoms with Gasteiger partial charge in [-0.1, -0.05) is 18.2 Å². The van der Waals surface area contributed by atoms with E-state index in [1.54, 1.807) is 7.11 Å². The van der Waals surface area contributed by atoms with Crippen LogP contribution >= 0.6 is 15.9 Å². The van der Waals surface area contributed by atoms with Gasteiger partial charge in [0.25, 0.3) is 0 Å². The van der Waals surface area contributed by atoms with Crippen LogP contribution in [0.25, 0.3) is 0 Å². The fraction of sp³-hybridized carbons (Fsp3) is 0.346. The Bertz CT molecular complexity index is 1070. The molecule has 0 aliphatic carbocycles. The summed E-state index contributed by atoms with van der Waals surface area (Å²) >= 11 is 3.66. The van der Waals surface area contributed by atoms with Crippen LogP contribution in [0.15, 0.2) is 46.9 Å². The number of anilines is 2. The lowest BCUT2D eigenvalue weighted by Crippen LogP contribution is -2.07. The van der Waals surface area contributed by atoms with Crippen LogP contribution in [0.5, 0.6) is 11.5 Å². The third-order valence-corrected chi connectivity index (χ3v) is 5.87. The number of rotatable bonds is 9. The molecule has 1 aromatic heterocycles. The monoisotopic (exact) mass is 498 g/mol. The molecular formula is C26H31BrN2O3. The molecule has 170 valence electrons. The lowest BCUT2D eigenvalue weighted by atomic mass is 10.1. The molecule has 5 nitrogen and oxygen atoms in total. The Morgan fingerprint density at radius 1 is 1.00 bits per heavy atom. The van der Waals surface area contributed by atoms with E-state index < -0.39 is 0 Å². The third kappa shape index (κ3) is 6.02. The van der Waals surface area contributed by atoms with Gasteiger partial charge in [-0.3, -0.25) is 0 Å². The highest BCUT2D eigenvalue weighted by molar-refractivity contribution is 9.10. The van der Waals surface area contributed by atoms with Crippen molar-refractivity contribution in [2.75, 3.05) is 12.4 Å². The molecule has 32 heavy (non-hydrogen) atoms. The summed E-state index contributed by atoms with van der Waals surface area (Å²) in [6.07, 6.45) is 0.178. The number of aryl methyl sites for hydroxylation is 2. The van der Waals surface area contributed by atoms with Crippen molar-refractivity contribution in [1.29, 1.82) is 0 Å². The molecule has 0 saturated carbocycles. The molecule has 1 heterocycles. The first-order chi connectivity index (χ1) is 15.3. The van der Waals surface area contributed by atoms with Crippen molar-refractivity contribution in [1.82, 2.24) is 4.98 Å². The second-order valence-corrected chi connectivity index (χ2v) is 8.92. The van der Waals surface area contributed by atoms with Gasteiger partial charge in [0.15, 0.2) is 0 Å². The Morgan fingerprint density at radius 2 is 1.72 bits per heavy atom. The van der Waals surface area contributed by atoms with Crippen LogP contribution in [0.3, 0.4) is 0 Å². The van der Waals surface area contributed by atoms with Crippen LogP contribution in [0, 0.1) is 20.8 Å². The smallest absolute Gasteiger partial charge is 0.145 e. The van der Waals surface area contributed by atoms with Gasteiger partial charge in [0.05, 0.1) is 24.3 Å². The maximum absolute atomic E-state index is 6.13. The summed E-state index contributed by atoms with van der Waals surface area (Å²) in [6.45, 7) is 11.2. The predicted molar refractivity (Wildman–Crippen MR) is 133 cm³/mol. The summed E-state index contributed by atoms with van der Waals surface area (Å²) in [7, 11) is 1.66. The van der Waals surface area contributed by atoms with Crippen LogP contribution in [-0.4, -0.2) is 18.2 Å². The van der Waals surface area contributed by atoms with Crippen molar-refractivity contribution in [2.24, 2.45) is 0 Å². The number of hydrogen-bond acceptors (Lipinski definition) is 5. The molecule has 0 radical (unpaired) electrons. The van der Waals surface area contributed by atoms with Crippen molar-refractivity contribution in [3.8, 4) is 11.5 Å². The molecule has 1 N–H and O–H groups in total. The molecule has 6 heteroatoms. The summed E-state index contributed by atoms with van der Waals surface area (Å²) in [5, 5.41) is 3.50. The lowest BCUT2D eigenvalue weighted by Gasteiger charge is -2.18. The van der Waals surface area contributed by atoms with Gasteiger partial charge < -0.3 is 19.5 Å². The van der Waals surface area contributed by atoms with E-state index in [1.165, 1.54) is 0 Å². The van der Waals surface area contributed by atoms with E-state index in [9.17, 15) is 0 Å². The topological polar surface area (TPSA) is 52.6 Å². The first-order valence-corrected chi connectivity index (χ1v) is 11.5. The Hall–Kier alpha value is -2.57. The van der Waals surface area contributed by atoms with Crippen LogP contribution in [0.1, 0.15) is 41.8 Å². The Labute approximate surface area is 199 Å². The number of benzene rings is 2. The van der Waals surface area contributed by atoms with E-state index in [1.807, 2.05) is 51.1 Å². The Morgan fingerprint density at radius 3 is 2.38 bits per heavy atom. The summed E-state index contributed by atoms with van der Waals surface area (Å²) in [5.41, 5.74) is 6.25. The van der Waals surface area contributed by atoms with Gasteiger partial charge in [-0.15, -0.1) is 0 Å². The van der Waals surface area contributed by atoms with Crippen molar-refractivity contribution in [2.45, 2.75) is 53.9 Å². The second kappa shape index (κ2) is 10.8. The summed E-state index contributed by atoms with van der Waals surface area (Å²) in [4.78, 5) is 4.78. The van der Waals surface area contributed by atoms with E-state index in [-0.39, 0.29) is 6.10 Å². The van der Waals surface area contributed by atoms with Crippen molar-refractivity contribution in [3.63, 3.8) is 0 Å². The molecule has 0 unspecified atom stereocenters. The lowest BCUT2D eigenvalue weighted by molar-refractivity contribution is 0.0652. The number of halogens is 1. The van der Waals surface area contributed by atoms with Gasteiger partial charge in [0.2, 0.25) is 0 Å². The fourth-order valence-corrected chi connectivity index (χ4v) is 3.75. The van der Waals surface area contributed by atoms with Gasteiger partial charge >= 0.3 is 0 Å². The maximum Gasteiger partial charge on any atom is 0.145 e. The number of hydrogen-bond donors (Lipinski definition) is 1. The molecule has 0 fully saturated rings. The van der Waals surface area contributed by atoms with Crippen LogP contribution in [0.4, 0.5) is 11.5 Å². The minimum atomic E-state index is 0.178. The van der Waals surface area contributed by atoms with Gasteiger partial charge in [0.1, 0.15) is 23.9 Å². The largest absolute Gasteiger partial charge is 0.497 e. The molecular weight excluding hydrogens is 468 g/mol. The van der Waals surface area contributed by atoms with E-state index in [4.69, 9.17) is 19.2 Å². The molecule has 3 aromatic rings. The van der Waals surface area contributed by atoms with E-state index in [2.05, 4.69) is 47.2 Å². The SMILES string of the molecule is COc1ccc(COc2ccc(C)c(Nc3nc(C)c(COC(C)C)cc3Br)c2C)cc1. The van der Waals surface area contributed by atoms with E-state index in [0.29, 0.717) is 13.2 Å². The molecule has 0 amide bonds. The second-order valence-electron chi connectivity index (χ2n) is 8.07. The van der Waals surface area contributed by atoms with Crippen LogP contribution in [-0.2, 0) is 18.0 Å². The minimum absolute atomic E-state index is 0.178. The van der Waals surface area contributed by atoms with Crippen LogP contribution < -0.4 is 14.8 Å². The predicted octanol–water partition coefficient (Wildman–Crippen LogP) is 7.03. The summed E-state index contributed by atoms with van der Waals surface area (Å²) < 4.78 is 18.0. The molecule has 0 spiro atoms. The number of ether oxygens (including phenoxy) is 3. The molecule has 0 saturated heterocycles. The number of pyridine rings is 1. The zero-order valence-corrected chi connectivity index (χ0v) is 21.2. The van der Waals surface area contributed by atoms with Gasteiger partial charge in [-0.05, 0) is 85.9 Å². The van der Waals surface area contributed by atoms with Crippen molar-refractivity contribution >= 4 is 27.4 Å². The molecule has 0 atom stereocenters. The first kappa shape index (κ1) is 24.1. The number of aromatic nitrogens is 1. The maximum atomic E-state index is 6.13. The first-order valence-electron chi connectivity index (χ1n) is 10.7. The quantitative estimate of drug-likeness (QED) is 0.343. The summed E-state index contributed by atoms with van der Waals surface area (Å²) in [6, 6.07) is 14.0.